The summed E-state index contributed by atoms with van der Waals surface area (Å²) in [6.07, 6.45) is 2.74. The summed E-state index contributed by atoms with van der Waals surface area (Å²) < 4.78 is 0. The Labute approximate surface area is 123 Å². The van der Waals surface area contributed by atoms with E-state index in [0.717, 1.165) is 22.7 Å². The predicted molar refractivity (Wildman–Crippen MR) is 81.5 cm³/mol. The van der Waals surface area contributed by atoms with Crippen molar-refractivity contribution in [2.24, 2.45) is 5.73 Å². The van der Waals surface area contributed by atoms with Crippen molar-refractivity contribution in [1.82, 2.24) is 9.88 Å². The van der Waals surface area contributed by atoms with Gasteiger partial charge in [0.15, 0.2) is 0 Å². The highest BCUT2D eigenvalue weighted by molar-refractivity contribution is 7.98. The van der Waals surface area contributed by atoms with E-state index < -0.39 is 0 Å². The van der Waals surface area contributed by atoms with Crippen LogP contribution in [0.15, 0.2) is 5.51 Å². The molecule has 1 aromatic rings. The molecule has 0 radical (unpaired) electrons. The first-order valence-electron chi connectivity index (χ1n) is 5.44. The van der Waals surface area contributed by atoms with Crippen LogP contribution in [0.5, 0.6) is 0 Å². The molecule has 0 aromatic carbocycles. The molecule has 0 unspecified atom stereocenters. The van der Waals surface area contributed by atoms with Crippen LogP contribution in [0.1, 0.15) is 17.0 Å². The van der Waals surface area contributed by atoms with E-state index in [2.05, 4.69) is 4.98 Å². The van der Waals surface area contributed by atoms with E-state index in [0.29, 0.717) is 6.54 Å². The third-order valence-electron chi connectivity index (χ3n) is 2.55. The first-order chi connectivity index (χ1) is 8.06. The maximum absolute atomic E-state index is 12.0. The van der Waals surface area contributed by atoms with Crippen LogP contribution in [0.3, 0.4) is 0 Å². The summed E-state index contributed by atoms with van der Waals surface area (Å²) in [6, 6.07) is -0.388. The van der Waals surface area contributed by atoms with Gasteiger partial charge < -0.3 is 10.6 Å². The number of aromatic nitrogens is 1. The quantitative estimate of drug-likeness (QED) is 0.872. The van der Waals surface area contributed by atoms with Crippen LogP contribution in [0.4, 0.5) is 0 Å². The minimum Gasteiger partial charge on any atom is -0.339 e. The molecule has 0 spiro atoms. The largest absolute Gasteiger partial charge is 0.339 e. The van der Waals surface area contributed by atoms with Crippen molar-refractivity contribution < 1.29 is 4.79 Å². The van der Waals surface area contributed by atoms with Crippen LogP contribution in [-0.4, -0.2) is 40.9 Å². The Bertz CT molecular complexity index is 373. The summed E-state index contributed by atoms with van der Waals surface area (Å²) in [6.45, 7) is 2.56. The zero-order valence-electron chi connectivity index (χ0n) is 10.9. The van der Waals surface area contributed by atoms with E-state index in [1.54, 1.807) is 40.6 Å². The van der Waals surface area contributed by atoms with Crippen molar-refractivity contribution in [2.45, 2.75) is 25.9 Å². The molecule has 1 atom stereocenters. The first kappa shape index (κ1) is 17.7. The van der Waals surface area contributed by atoms with Gasteiger partial charge in [0.2, 0.25) is 5.91 Å². The Kier molecular flexibility index (Phi) is 8.60. The molecule has 0 fully saturated rings. The molecular formula is C11H20ClN3OS2. The van der Waals surface area contributed by atoms with Crippen LogP contribution >= 0.6 is 35.5 Å². The fraction of sp³-hybridized carbons (Fsp3) is 0.636. The number of amides is 1. The molecule has 0 aliphatic heterocycles. The molecule has 2 N–H and O–H groups in total. The van der Waals surface area contributed by atoms with E-state index in [-0.39, 0.29) is 24.4 Å². The van der Waals surface area contributed by atoms with Gasteiger partial charge in [-0.25, -0.2) is 4.98 Å². The van der Waals surface area contributed by atoms with Crippen molar-refractivity contribution in [3.63, 3.8) is 0 Å². The molecule has 1 rings (SSSR count). The second-order valence-corrected chi connectivity index (χ2v) is 5.87. The number of thioether (sulfide) groups is 1. The van der Waals surface area contributed by atoms with E-state index in [9.17, 15) is 4.79 Å². The SMILES string of the molecule is CSCC[C@H](N)C(=O)N(C)Cc1scnc1C.Cl. The van der Waals surface area contributed by atoms with Crippen molar-refractivity contribution in [1.29, 1.82) is 0 Å². The molecule has 18 heavy (non-hydrogen) atoms. The topological polar surface area (TPSA) is 59.2 Å². The van der Waals surface area contributed by atoms with Gasteiger partial charge in [0.05, 0.1) is 23.8 Å². The standard InChI is InChI=1S/C11H19N3OS2.ClH/c1-8-10(17-7-13-8)6-14(2)11(15)9(12)4-5-16-3;/h7,9H,4-6,12H2,1-3H3;1H/t9-;/m0./s1. The third kappa shape index (κ3) is 5.14. The zero-order chi connectivity index (χ0) is 12.8. The summed E-state index contributed by atoms with van der Waals surface area (Å²) in [4.78, 5) is 18.9. The van der Waals surface area contributed by atoms with Crippen molar-refractivity contribution in [3.05, 3.63) is 16.1 Å². The minimum absolute atomic E-state index is 0. The lowest BCUT2D eigenvalue weighted by Crippen LogP contribution is -2.41. The number of likely N-dealkylation sites (N-methyl/N-ethyl adjacent to an activating group) is 1. The second kappa shape index (κ2) is 8.74. The maximum atomic E-state index is 12.0. The van der Waals surface area contributed by atoms with Gasteiger partial charge in [0, 0.05) is 11.9 Å². The minimum atomic E-state index is -0.388. The number of nitrogens with zero attached hydrogens (tertiary/aromatic N) is 2. The third-order valence-corrected chi connectivity index (χ3v) is 4.12. The molecule has 0 saturated carbocycles. The monoisotopic (exact) mass is 309 g/mol. The molecule has 1 amide bonds. The number of carbonyl (C=O) groups excluding carboxylic acids is 1. The number of halogens is 1. The Morgan fingerprint density at radius 3 is 2.83 bits per heavy atom. The lowest BCUT2D eigenvalue weighted by molar-refractivity contribution is -0.131. The number of nitrogens with two attached hydrogens (primary N) is 1. The van der Waals surface area contributed by atoms with Gasteiger partial charge in [-0.1, -0.05) is 0 Å². The molecule has 0 bridgehead atoms. The number of rotatable bonds is 6. The Balaban J connectivity index is 0.00000289. The molecule has 0 aliphatic carbocycles. The van der Waals surface area contributed by atoms with Gasteiger partial charge in [0.1, 0.15) is 0 Å². The van der Waals surface area contributed by atoms with Crippen LogP contribution in [0.25, 0.3) is 0 Å². The van der Waals surface area contributed by atoms with Gasteiger partial charge in [-0.2, -0.15) is 11.8 Å². The highest BCUT2D eigenvalue weighted by Gasteiger charge is 2.18. The molecule has 104 valence electrons. The molecule has 7 heteroatoms. The zero-order valence-corrected chi connectivity index (χ0v) is 13.3. The van der Waals surface area contributed by atoms with Crippen molar-refractivity contribution >= 4 is 41.4 Å². The summed E-state index contributed by atoms with van der Waals surface area (Å²) in [7, 11) is 1.79. The number of thiazole rings is 1. The van der Waals surface area contributed by atoms with Crippen LogP contribution in [-0.2, 0) is 11.3 Å². The molecule has 4 nitrogen and oxygen atoms in total. The maximum Gasteiger partial charge on any atom is 0.239 e. The van der Waals surface area contributed by atoms with Crippen molar-refractivity contribution in [2.75, 3.05) is 19.1 Å². The number of carbonyl (C=O) groups is 1. The molecule has 1 aromatic heterocycles. The summed E-state index contributed by atoms with van der Waals surface area (Å²) >= 11 is 3.28. The average molecular weight is 310 g/mol. The molecule has 0 aliphatic rings. The van der Waals surface area contributed by atoms with Crippen LogP contribution < -0.4 is 5.73 Å². The molecule has 1 heterocycles. The first-order valence-corrected chi connectivity index (χ1v) is 7.72. The number of hydrogen-bond donors (Lipinski definition) is 1. The van der Waals surface area contributed by atoms with E-state index in [1.165, 1.54) is 0 Å². The fourth-order valence-corrected chi connectivity index (χ4v) is 2.74. The Morgan fingerprint density at radius 1 is 1.67 bits per heavy atom. The van der Waals surface area contributed by atoms with E-state index in [4.69, 9.17) is 5.73 Å². The second-order valence-electron chi connectivity index (χ2n) is 3.94. The van der Waals surface area contributed by atoms with E-state index >= 15 is 0 Å². The highest BCUT2D eigenvalue weighted by Crippen LogP contribution is 2.14. The van der Waals surface area contributed by atoms with Crippen LogP contribution in [0.2, 0.25) is 0 Å². The lowest BCUT2D eigenvalue weighted by atomic mass is 10.2. The highest BCUT2D eigenvalue weighted by atomic mass is 35.5. The number of hydrogen-bond acceptors (Lipinski definition) is 5. The van der Waals surface area contributed by atoms with Gasteiger partial charge in [-0.3, -0.25) is 4.79 Å². The van der Waals surface area contributed by atoms with Gasteiger partial charge in [-0.15, -0.1) is 23.7 Å². The number of aryl methyl sites for hydroxylation is 1. The van der Waals surface area contributed by atoms with Gasteiger partial charge in [-0.05, 0) is 25.4 Å². The Morgan fingerprint density at radius 2 is 2.33 bits per heavy atom. The molecule has 0 saturated heterocycles. The fourth-order valence-electron chi connectivity index (χ4n) is 1.42. The molecular weight excluding hydrogens is 290 g/mol. The Hall–Kier alpha value is -0.300. The summed E-state index contributed by atoms with van der Waals surface area (Å²) in [5.74, 6) is 0.923. The van der Waals surface area contributed by atoms with Gasteiger partial charge in [0.25, 0.3) is 0 Å². The predicted octanol–water partition coefficient (Wildman–Crippen LogP) is 1.91. The van der Waals surface area contributed by atoms with Gasteiger partial charge >= 0.3 is 0 Å². The van der Waals surface area contributed by atoms with E-state index in [1.807, 2.05) is 13.2 Å². The average Bonchev–Trinajstić information content (AvgIpc) is 2.70. The lowest BCUT2D eigenvalue weighted by Gasteiger charge is -2.20. The smallest absolute Gasteiger partial charge is 0.239 e. The van der Waals surface area contributed by atoms with Crippen molar-refractivity contribution in [3.8, 4) is 0 Å². The van der Waals surface area contributed by atoms with Crippen LogP contribution in [0, 0.1) is 6.92 Å². The summed E-state index contributed by atoms with van der Waals surface area (Å²) in [5, 5.41) is 0. The summed E-state index contributed by atoms with van der Waals surface area (Å²) in [5.41, 5.74) is 8.65. The normalized spacial score (nSPS) is 11.8.